The van der Waals surface area contributed by atoms with Crippen LogP contribution in [0.4, 0.5) is 0 Å². The van der Waals surface area contributed by atoms with Crippen molar-refractivity contribution in [3.8, 4) is 0 Å². The summed E-state index contributed by atoms with van der Waals surface area (Å²) in [6.45, 7) is 8.92. The van der Waals surface area contributed by atoms with E-state index in [-0.39, 0.29) is 5.76 Å². The van der Waals surface area contributed by atoms with Crippen LogP contribution in [-0.2, 0) is 0 Å². The fourth-order valence-corrected chi connectivity index (χ4v) is 1.76. The van der Waals surface area contributed by atoms with Crippen LogP contribution in [-0.4, -0.2) is 32.5 Å². The van der Waals surface area contributed by atoms with Crippen molar-refractivity contribution in [2.75, 3.05) is 0 Å². The Morgan fingerprint density at radius 3 is 2.48 bits per heavy atom. The van der Waals surface area contributed by atoms with E-state index < -0.39 is 12.2 Å². The highest BCUT2D eigenvalue weighted by Crippen LogP contribution is 2.13. The summed E-state index contributed by atoms with van der Waals surface area (Å²) in [6, 6.07) is 3.88. The number of nitrogens with one attached hydrogen (secondary N) is 1. The molecule has 1 aliphatic heterocycles. The quantitative estimate of drug-likeness (QED) is 0.642. The molecular formula is C18H22N2O3. The van der Waals surface area contributed by atoms with E-state index in [1.54, 1.807) is 31.5 Å². The topological polar surface area (TPSA) is 85.6 Å². The Morgan fingerprint density at radius 2 is 2.00 bits per heavy atom. The maximum absolute atomic E-state index is 9.05. The van der Waals surface area contributed by atoms with Crippen LogP contribution in [0.25, 0.3) is 5.57 Å². The summed E-state index contributed by atoms with van der Waals surface area (Å²) < 4.78 is 0. The van der Waals surface area contributed by atoms with E-state index in [1.165, 1.54) is 12.3 Å². The first-order valence-corrected chi connectivity index (χ1v) is 7.08. The molecule has 0 bridgehead atoms. The van der Waals surface area contributed by atoms with Crippen LogP contribution >= 0.6 is 0 Å². The van der Waals surface area contributed by atoms with Gasteiger partial charge < -0.3 is 20.6 Å². The van der Waals surface area contributed by atoms with E-state index >= 15 is 0 Å². The lowest BCUT2D eigenvalue weighted by Gasteiger charge is -2.18. The van der Waals surface area contributed by atoms with E-state index in [4.69, 9.17) is 15.3 Å². The van der Waals surface area contributed by atoms with Crippen LogP contribution in [0.3, 0.4) is 0 Å². The highest BCUT2D eigenvalue weighted by atomic mass is 16.3. The molecule has 2 heterocycles. The fraction of sp³-hybridized carbons (Fsp3) is 0.167. The third-order valence-corrected chi connectivity index (χ3v) is 3.01. The number of nitrogens with zero attached hydrogens (tertiary/aromatic N) is 1. The average molecular weight is 314 g/mol. The molecule has 4 N–H and O–H groups in total. The molecule has 1 aromatic rings. The smallest absolute Gasteiger partial charge is 0.141 e. The second kappa shape index (κ2) is 9.40. The fourth-order valence-electron chi connectivity index (χ4n) is 1.76. The summed E-state index contributed by atoms with van der Waals surface area (Å²) in [4.78, 5) is 3.93. The third kappa shape index (κ3) is 5.94. The first-order valence-electron chi connectivity index (χ1n) is 7.08. The highest BCUT2D eigenvalue weighted by Gasteiger charge is 2.15. The predicted molar refractivity (Wildman–Crippen MR) is 92.2 cm³/mol. The Kier molecular flexibility index (Phi) is 7.53. The van der Waals surface area contributed by atoms with Gasteiger partial charge in [0.15, 0.2) is 0 Å². The molecule has 2 atom stereocenters. The van der Waals surface area contributed by atoms with Crippen LogP contribution in [0.15, 0.2) is 79.6 Å². The second-order valence-electron chi connectivity index (χ2n) is 4.75. The number of allylic oxidation sites excluding steroid dienone is 4. The van der Waals surface area contributed by atoms with Gasteiger partial charge in [-0.15, -0.1) is 0 Å². The van der Waals surface area contributed by atoms with Gasteiger partial charge in [-0.3, -0.25) is 4.98 Å². The van der Waals surface area contributed by atoms with E-state index in [9.17, 15) is 0 Å². The summed E-state index contributed by atoms with van der Waals surface area (Å²) in [5, 5.41) is 29.6. The van der Waals surface area contributed by atoms with Gasteiger partial charge in [-0.1, -0.05) is 31.4 Å². The second-order valence-corrected chi connectivity index (χ2v) is 4.75. The van der Waals surface area contributed by atoms with Crippen molar-refractivity contribution in [3.63, 3.8) is 0 Å². The summed E-state index contributed by atoms with van der Waals surface area (Å²) in [6.07, 6.45) is 9.95. The molecule has 2 unspecified atom stereocenters. The molecule has 0 saturated carbocycles. The Bertz CT molecular complexity index is 616. The number of rotatable bonds is 4. The van der Waals surface area contributed by atoms with Gasteiger partial charge in [-0.25, -0.2) is 0 Å². The Morgan fingerprint density at radius 1 is 1.35 bits per heavy atom. The average Bonchev–Trinajstić information content (AvgIpc) is 2.56. The van der Waals surface area contributed by atoms with Crippen molar-refractivity contribution in [1.82, 2.24) is 10.3 Å². The number of dihydropyridines is 1. The SMILES string of the molecule is C=C/C=C(\C=C)c1ccncc1.CC(O)C1=CC(O)C(O)=CN1. The van der Waals surface area contributed by atoms with Gasteiger partial charge in [0, 0.05) is 24.3 Å². The van der Waals surface area contributed by atoms with Gasteiger partial charge >= 0.3 is 0 Å². The zero-order valence-corrected chi connectivity index (χ0v) is 13.1. The predicted octanol–water partition coefficient (Wildman–Crippen LogP) is 2.45. The Hall–Kier alpha value is -2.63. The summed E-state index contributed by atoms with van der Waals surface area (Å²) in [7, 11) is 0. The van der Waals surface area contributed by atoms with Crippen molar-refractivity contribution in [1.29, 1.82) is 0 Å². The molecule has 0 saturated heterocycles. The first-order chi connectivity index (χ1) is 11.0. The molecule has 0 fully saturated rings. The zero-order valence-electron chi connectivity index (χ0n) is 13.1. The van der Waals surface area contributed by atoms with Gasteiger partial charge in [0.05, 0.1) is 6.10 Å². The van der Waals surface area contributed by atoms with Gasteiger partial charge in [-0.05, 0) is 36.3 Å². The molecule has 0 amide bonds. The molecule has 122 valence electrons. The number of pyridine rings is 1. The molecular weight excluding hydrogens is 292 g/mol. The molecule has 0 radical (unpaired) electrons. The van der Waals surface area contributed by atoms with Crippen molar-refractivity contribution < 1.29 is 15.3 Å². The van der Waals surface area contributed by atoms with Crippen LogP contribution in [0.2, 0.25) is 0 Å². The van der Waals surface area contributed by atoms with Crippen LogP contribution < -0.4 is 5.32 Å². The van der Waals surface area contributed by atoms with Gasteiger partial charge in [-0.2, -0.15) is 0 Å². The highest BCUT2D eigenvalue weighted by molar-refractivity contribution is 5.74. The first kappa shape index (κ1) is 18.4. The van der Waals surface area contributed by atoms with E-state index in [2.05, 4.69) is 23.5 Å². The summed E-state index contributed by atoms with van der Waals surface area (Å²) in [5.74, 6) is -0.144. The van der Waals surface area contributed by atoms with Gasteiger partial charge in [0.25, 0.3) is 0 Å². The van der Waals surface area contributed by atoms with Gasteiger partial charge in [0.1, 0.15) is 11.9 Å². The maximum atomic E-state index is 9.05. The Labute approximate surface area is 136 Å². The molecule has 5 heteroatoms. The Balaban J connectivity index is 0.000000231. The molecule has 1 aromatic heterocycles. The summed E-state index contributed by atoms with van der Waals surface area (Å²) in [5.41, 5.74) is 2.67. The number of aliphatic hydroxyl groups is 3. The number of hydrogen-bond donors (Lipinski definition) is 4. The molecule has 5 nitrogen and oxygen atoms in total. The number of aliphatic hydroxyl groups excluding tert-OH is 3. The third-order valence-electron chi connectivity index (χ3n) is 3.01. The minimum absolute atomic E-state index is 0.144. The molecule has 2 rings (SSSR count). The lowest BCUT2D eigenvalue weighted by Crippen LogP contribution is -2.26. The van der Waals surface area contributed by atoms with Crippen molar-refractivity contribution in [2.45, 2.75) is 19.1 Å². The molecule has 1 aliphatic rings. The lowest BCUT2D eigenvalue weighted by molar-refractivity contribution is 0.176. The van der Waals surface area contributed by atoms with E-state index in [0.717, 1.165) is 11.1 Å². The largest absolute Gasteiger partial charge is 0.508 e. The normalized spacial score (nSPS) is 18.4. The van der Waals surface area contributed by atoms with Gasteiger partial charge in [0.2, 0.25) is 0 Å². The molecule has 0 aromatic carbocycles. The minimum atomic E-state index is -0.999. The molecule has 23 heavy (non-hydrogen) atoms. The number of hydrogen-bond acceptors (Lipinski definition) is 5. The lowest BCUT2D eigenvalue weighted by atomic mass is 10.1. The number of aromatic nitrogens is 1. The van der Waals surface area contributed by atoms with Crippen LogP contribution in [0, 0.1) is 0 Å². The standard InChI is InChI=1S/C11H11N.C7H11NO3/c1-3-5-10(4-2)11-6-8-12-9-7-11;1-4(9)5-2-6(10)7(11)3-8-5/h3-9H,1-2H2;2-4,6,8-11H,1H3/b10-5+;. The molecule has 0 spiro atoms. The summed E-state index contributed by atoms with van der Waals surface area (Å²) >= 11 is 0. The minimum Gasteiger partial charge on any atom is -0.508 e. The molecule has 0 aliphatic carbocycles. The zero-order chi connectivity index (χ0) is 17.2. The van der Waals surface area contributed by atoms with E-state index in [0.29, 0.717) is 5.70 Å². The monoisotopic (exact) mass is 314 g/mol. The van der Waals surface area contributed by atoms with Crippen molar-refractivity contribution in [3.05, 3.63) is 85.2 Å². The maximum Gasteiger partial charge on any atom is 0.141 e. The van der Waals surface area contributed by atoms with E-state index in [1.807, 2.05) is 18.2 Å². The van der Waals surface area contributed by atoms with Crippen molar-refractivity contribution in [2.24, 2.45) is 0 Å². The van der Waals surface area contributed by atoms with Crippen LogP contribution in [0.5, 0.6) is 0 Å². The van der Waals surface area contributed by atoms with Crippen LogP contribution in [0.1, 0.15) is 12.5 Å². The van der Waals surface area contributed by atoms with Crippen molar-refractivity contribution >= 4 is 5.57 Å².